The third kappa shape index (κ3) is 3.54. The summed E-state index contributed by atoms with van der Waals surface area (Å²) in [6.07, 6.45) is 0. The molecular formula is C16H18N2OS. The Kier molecular flexibility index (Phi) is 5.07. The molecule has 0 aliphatic heterocycles. The molecule has 104 valence electrons. The molecule has 0 bridgehead atoms. The number of hydrogen-bond donors (Lipinski definition) is 0. The van der Waals surface area contributed by atoms with Crippen molar-refractivity contribution in [2.45, 2.75) is 27.4 Å². The largest absolute Gasteiger partial charge is 0.470 e. The van der Waals surface area contributed by atoms with Gasteiger partial charge in [-0.1, -0.05) is 32.0 Å². The number of rotatable bonds is 3. The molecule has 0 saturated carbocycles. The Bertz CT molecular complexity index is 646. The van der Waals surface area contributed by atoms with Crippen molar-refractivity contribution < 1.29 is 4.74 Å². The standard InChI is InChI=1S/C14H12N2OS.C2H6/c1-10-5-4-8-13(15-10)17-9-14-16-11-6-2-3-7-12(11)18-14;1-2/h2-8H,9H2,1H3;1-2H3. The summed E-state index contributed by atoms with van der Waals surface area (Å²) in [4.78, 5) is 8.81. The molecule has 20 heavy (non-hydrogen) atoms. The fourth-order valence-electron chi connectivity index (χ4n) is 1.72. The number of hydrogen-bond acceptors (Lipinski definition) is 4. The van der Waals surface area contributed by atoms with Crippen molar-refractivity contribution in [3.8, 4) is 5.88 Å². The minimum Gasteiger partial charge on any atom is -0.470 e. The zero-order chi connectivity index (χ0) is 14.4. The monoisotopic (exact) mass is 286 g/mol. The molecule has 0 unspecified atom stereocenters. The molecule has 0 saturated heterocycles. The summed E-state index contributed by atoms with van der Waals surface area (Å²) < 4.78 is 6.83. The molecule has 3 nitrogen and oxygen atoms in total. The predicted molar refractivity (Wildman–Crippen MR) is 84.3 cm³/mol. The van der Waals surface area contributed by atoms with E-state index in [9.17, 15) is 0 Å². The van der Waals surface area contributed by atoms with Gasteiger partial charge >= 0.3 is 0 Å². The fraction of sp³-hybridized carbons (Fsp3) is 0.250. The summed E-state index contributed by atoms with van der Waals surface area (Å²) in [7, 11) is 0. The minimum absolute atomic E-state index is 0.468. The SMILES string of the molecule is CC.Cc1cccc(OCc2nc3ccccc3s2)n1. The molecule has 0 amide bonds. The average molecular weight is 286 g/mol. The minimum atomic E-state index is 0.468. The van der Waals surface area contributed by atoms with Crippen LogP contribution < -0.4 is 4.74 Å². The van der Waals surface area contributed by atoms with Gasteiger partial charge in [-0.2, -0.15) is 0 Å². The van der Waals surface area contributed by atoms with E-state index in [-0.39, 0.29) is 0 Å². The van der Waals surface area contributed by atoms with Crippen molar-refractivity contribution in [3.05, 3.63) is 53.2 Å². The number of benzene rings is 1. The van der Waals surface area contributed by atoms with E-state index in [0.717, 1.165) is 16.2 Å². The van der Waals surface area contributed by atoms with Crippen LogP contribution in [0.1, 0.15) is 24.5 Å². The second-order valence-electron chi connectivity index (χ2n) is 3.98. The van der Waals surface area contributed by atoms with E-state index in [1.807, 2.05) is 57.2 Å². The Morgan fingerprint density at radius 3 is 2.55 bits per heavy atom. The number of aryl methyl sites for hydroxylation is 1. The van der Waals surface area contributed by atoms with Crippen LogP contribution in [0.4, 0.5) is 0 Å². The summed E-state index contributed by atoms with van der Waals surface area (Å²) in [5, 5.41) is 0.972. The van der Waals surface area contributed by atoms with Crippen LogP contribution in [0.3, 0.4) is 0 Å². The molecule has 3 aromatic rings. The lowest BCUT2D eigenvalue weighted by molar-refractivity contribution is 0.293. The van der Waals surface area contributed by atoms with Crippen LogP contribution in [-0.4, -0.2) is 9.97 Å². The number of para-hydroxylation sites is 1. The number of pyridine rings is 1. The average Bonchev–Trinajstić information content (AvgIpc) is 2.90. The first-order valence-electron chi connectivity index (χ1n) is 6.72. The van der Waals surface area contributed by atoms with Crippen molar-refractivity contribution in [2.24, 2.45) is 0 Å². The maximum Gasteiger partial charge on any atom is 0.213 e. The maximum atomic E-state index is 5.64. The lowest BCUT2D eigenvalue weighted by Crippen LogP contribution is -1.97. The number of aromatic nitrogens is 2. The van der Waals surface area contributed by atoms with Crippen LogP contribution in [0.5, 0.6) is 5.88 Å². The highest BCUT2D eigenvalue weighted by atomic mass is 32.1. The van der Waals surface area contributed by atoms with Gasteiger partial charge in [0, 0.05) is 11.8 Å². The molecule has 2 heterocycles. The molecule has 0 N–H and O–H groups in total. The molecule has 2 aromatic heterocycles. The first kappa shape index (κ1) is 14.5. The lowest BCUT2D eigenvalue weighted by Gasteiger charge is -2.02. The van der Waals surface area contributed by atoms with E-state index >= 15 is 0 Å². The first-order chi connectivity index (χ1) is 9.81. The van der Waals surface area contributed by atoms with Gasteiger partial charge in [0.2, 0.25) is 5.88 Å². The third-order valence-corrected chi connectivity index (χ3v) is 3.55. The number of thiazole rings is 1. The molecule has 0 atom stereocenters. The summed E-state index contributed by atoms with van der Waals surface area (Å²) in [6, 6.07) is 13.9. The second kappa shape index (κ2) is 7.01. The van der Waals surface area contributed by atoms with Crippen LogP contribution in [0.25, 0.3) is 10.2 Å². The highest BCUT2D eigenvalue weighted by Gasteiger charge is 2.04. The fourth-order valence-corrected chi connectivity index (χ4v) is 2.60. The molecule has 4 heteroatoms. The van der Waals surface area contributed by atoms with E-state index in [0.29, 0.717) is 12.5 Å². The molecular weight excluding hydrogens is 268 g/mol. The van der Waals surface area contributed by atoms with Crippen molar-refractivity contribution in [1.82, 2.24) is 9.97 Å². The van der Waals surface area contributed by atoms with E-state index < -0.39 is 0 Å². The van der Waals surface area contributed by atoms with E-state index in [4.69, 9.17) is 4.74 Å². The summed E-state index contributed by atoms with van der Waals surface area (Å²) in [6.45, 7) is 6.42. The lowest BCUT2D eigenvalue weighted by atomic mass is 10.3. The molecule has 0 radical (unpaired) electrons. The normalized spacial score (nSPS) is 9.95. The van der Waals surface area contributed by atoms with Gasteiger partial charge in [-0.05, 0) is 25.1 Å². The number of nitrogens with zero attached hydrogens (tertiary/aromatic N) is 2. The van der Waals surface area contributed by atoms with Gasteiger partial charge < -0.3 is 4.74 Å². The molecule has 0 spiro atoms. The smallest absolute Gasteiger partial charge is 0.213 e. The van der Waals surface area contributed by atoms with Crippen LogP contribution in [0, 0.1) is 6.92 Å². The Labute approximate surface area is 123 Å². The van der Waals surface area contributed by atoms with E-state index in [2.05, 4.69) is 16.0 Å². The highest BCUT2D eigenvalue weighted by Crippen LogP contribution is 2.22. The van der Waals surface area contributed by atoms with Crippen LogP contribution in [0.2, 0.25) is 0 Å². The van der Waals surface area contributed by atoms with Gasteiger partial charge in [-0.3, -0.25) is 0 Å². The van der Waals surface area contributed by atoms with Gasteiger partial charge in [0.15, 0.2) is 0 Å². The number of ether oxygens (including phenoxy) is 1. The zero-order valence-corrected chi connectivity index (χ0v) is 12.8. The van der Waals surface area contributed by atoms with Gasteiger partial charge in [-0.15, -0.1) is 11.3 Å². The molecule has 0 aliphatic carbocycles. The third-order valence-electron chi connectivity index (χ3n) is 2.54. The van der Waals surface area contributed by atoms with Gasteiger partial charge in [0.1, 0.15) is 11.6 Å². The number of fused-ring (bicyclic) bond motifs is 1. The maximum absolute atomic E-state index is 5.64. The molecule has 0 aliphatic rings. The quantitative estimate of drug-likeness (QED) is 0.705. The van der Waals surface area contributed by atoms with Crippen molar-refractivity contribution >= 4 is 21.6 Å². The van der Waals surface area contributed by atoms with E-state index in [1.165, 1.54) is 4.70 Å². The summed E-state index contributed by atoms with van der Waals surface area (Å²) in [5.74, 6) is 0.647. The summed E-state index contributed by atoms with van der Waals surface area (Å²) in [5.41, 5.74) is 1.98. The van der Waals surface area contributed by atoms with E-state index in [1.54, 1.807) is 11.3 Å². The Morgan fingerprint density at radius 2 is 1.80 bits per heavy atom. The Morgan fingerprint density at radius 1 is 1.00 bits per heavy atom. The topological polar surface area (TPSA) is 35.0 Å². The van der Waals surface area contributed by atoms with Crippen LogP contribution in [-0.2, 0) is 6.61 Å². The summed E-state index contributed by atoms with van der Waals surface area (Å²) >= 11 is 1.66. The first-order valence-corrected chi connectivity index (χ1v) is 7.54. The zero-order valence-electron chi connectivity index (χ0n) is 12.0. The molecule has 3 rings (SSSR count). The Balaban J connectivity index is 0.000000704. The highest BCUT2D eigenvalue weighted by molar-refractivity contribution is 7.18. The van der Waals surface area contributed by atoms with Crippen LogP contribution in [0.15, 0.2) is 42.5 Å². The van der Waals surface area contributed by atoms with Gasteiger partial charge in [-0.25, -0.2) is 9.97 Å². The molecule has 1 aromatic carbocycles. The van der Waals surface area contributed by atoms with Crippen molar-refractivity contribution in [3.63, 3.8) is 0 Å². The van der Waals surface area contributed by atoms with Crippen molar-refractivity contribution in [1.29, 1.82) is 0 Å². The predicted octanol–water partition coefficient (Wildman–Crippen LogP) is 4.60. The van der Waals surface area contributed by atoms with Gasteiger partial charge in [0.25, 0.3) is 0 Å². The second-order valence-corrected chi connectivity index (χ2v) is 5.10. The Hall–Kier alpha value is -1.94. The van der Waals surface area contributed by atoms with Gasteiger partial charge in [0.05, 0.1) is 10.2 Å². The van der Waals surface area contributed by atoms with Crippen LogP contribution >= 0.6 is 11.3 Å². The molecule has 0 fully saturated rings. The van der Waals surface area contributed by atoms with Crippen molar-refractivity contribution in [2.75, 3.05) is 0 Å².